The number of rotatable bonds is 2. The maximum atomic E-state index is 2.30. The minimum atomic E-state index is 0.672. The van der Waals surface area contributed by atoms with Crippen LogP contribution >= 0.6 is 0 Å². The van der Waals surface area contributed by atoms with Gasteiger partial charge in [-0.1, -0.05) is 45.0 Å². The van der Waals surface area contributed by atoms with E-state index in [1.807, 2.05) is 0 Å². The van der Waals surface area contributed by atoms with Gasteiger partial charge in [-0.2, -0.15) is 0 Å². The van der Waals surface area contributed by atoms with Crippen molar-refractivity contribution in [1.29, 1.82) is 0 Å². The fourth-order valence-electron chi connectivity index (χ4n) is 1.46. The monoisotopic (exact) mass is 162 g/mol. The zero-order valence-electron chi connectivity index (χ0n) is 8.46. The van der Waals surface area contributed by atoms with Crippen LogP contribution < -0.4 is 0 Å². The molecule has 0 unspecified atom stereocenters. The minimum Gasteiger partial charge on any atom is -0.0622 e. The number of hydrogen-bond acceptors (Lipinski definition) is 0. The van der Waals surface area contributed by atoms with Crippen molar-refractivity contribution >= 4 is 0 Å². The van der Waals surface area contributed by atoms with E-state index >= 15 is 0 Å². The highest BCUT2D eigenvalue weighted by atomic mass is 14.2. The van der Waals surface area contributed by atoms with Gasteiger partial charge in [-0.15, -0.1) is 0 Å². The van der Waals surface area contributed by atoms with Crippen LogP contribution in [0, 0.1) is 12.8 Å². The molecule has 0 saturated carbocycles. The topological polar surface area (TPSA) is 0 Å². The molecular formula is C12H18. The van der Waals surface area contributed by atoms with Crippen LogP contribution in [-0.2, 0) is 0 Å². The standard InChI is InChI=1S/C12H18/c1-9(2)11(4)12-8-6-5-7-10(12)3/h5-9,11H,1-4H3/t11-/m0/s1. The van der Waals surface area contributed by atoms with Crippen molar-refractivity contribution in [3.05, 3.63) is 35.4 Å². The first-order valence-electron chi connectivity index (χ1n) is 4.68. The third kappa shape index (κ3) is 1.88. The van der Waals surface area contributed by atoms with Gasteiger partial charge in [0.15, 0.2) is 0 Å². The molecule has 0 aromatic heterocycles. The molecule has 0 bridgehead atoms. The van der Waals surface area contributed by atoms with Gasteiger partial charge in [0, 0.05) is 0 Å². The third-order valence-corrected chi connectivity index (χ3v) is 2.68. The molecule has 0 saturated heterocycles. The molecule has 0 N–H and O–H groups in total. The van der Waals surface area contributed by atoms with Crippen LogP contribution in [0.3, 0.4) is 0 Å². The van der Waals surface area contributed by atoms with Gasteiger partial charge in [-0.25, -0.2) is 0 Å². The van der Waals surface area contributed by atoms with Crippen molar-refractivity contribution in [1.82, 2.24) is 0 Å². The Hall–Kier alpha value is -0.780. The van der Waals surface area contributed by atoms with E-state index in [-0.39, 0.29) is 0 Å². The molecule has 0 heteroatoms. The summed E-state index contributed by atoms with van der Waals surface area (Å²) in [7, 11) is 0. The molecule has 0 heterocycles. The lowest BCUT2D eigenvalue weighted by Crippen LogP contribution is -2.03. The van der Waals surface area contributed by atoms with E-state index in [0.29, 0.717) is 5.92 Å². The molecule has 12 heavy (non-hydrogen) atoms. The highest BCUT2D eigenvalue weighted by molar-refractivity contribution is 5.28. The summed E-state index contributed by atoms with van der Waals surface area (Å²) in [5.41, 5.74) is 2.91. The maximum absolute atomic E-state index is 2.30. The normalized spacial score (nSPS) is 13.4. The van der Waals surface area contributed by atoms with Gasteiger partial charge in [0.2, 0.25) is 0 Å². The summed E-state index contributed by atoms with van der Waals surface area (Å²) < 4.78 is 0. The van der Waals surface area contributed by atoms with Gasteiger partial charge in [-0.3, -0.25) is 0 Å². The Bertz CT molecular complexity index is 248. The van der Waals surface area contributed by atoms with Crippen LogP contribution in [0.1, 0.15) is 37.8 Å². The van der Waals surface area contributed by atoms with Crippen LogP contribution in [0.15, 0.2) is 24.3 Å². The lowest BCUT2D eigenvalue weighted by atomic mass is 9.88. The van der Waals surface area contributed by atoms with Crippen LogP contribution in [-0.4, -0.2) is 0 Å². The van der Waals surface area contributed by atoms with E-state index in [4.69, 9.17) is 0 Å². The first-order chi connectivity index (χ1) is 5.63. The molecule has 0 aliphatic rings. The highest BCUT2D eigenvalue weighted by Crippen LogP contribution is 2.25. The number of hydrogen-bond donors (Lipinski definition) is 0. The van der Waals surface area contributed by atoms with Gasteiger partial charge >= 0.3 is 0 Å². The predicted octanol–water partition coefficient (Wildman–Crippen LogP) is 3.75. The molecule has 1 rings (SSSR count). The molecule has 66 valence electrons. The van der Waals surface area contributed by atoms with E-state index in [2.05, 4.69) is 52.0 Å². The second kappa shape index (κ2) is 3.75. The van der Waals surface area contributed by atoms with E-state index in [1.165, 1.54) is 11.1 Å². The van der Waals surface area contributed by atoms with Crippen molar-refractivity contribution in [3.63, 3.8) is 0 Å². The van der Waals surface area contributed by atoms with Crippen LogP contribution in [0.4, 0.5) is 0 Å². The Balaban J connectivity index is 2.94. The third-order valence-electron chi connectivity index (χ3n) is 2.68. The first kappa shape index (κ1) is 9.31. The molecule has 0 aliphatic carbocycles. The Morgan fingerprint density at radius 1 is 1.00 bits per heavy atom. The van der Waals surface area contributed by atoms with E-state index in [0.717, 1.165) is 5.92 Å². The fourth-order valence-corrected chi connectivity index (χ4v) is 1.46. The van der Waals surface area contributed by atoms with Gasteiger partial charge in [0.1, 0.15) is 0 Å². The minimum absolute atomic E-state index is 0.672. The summed E-state index contributed by atoms with van der Waals surface area (Å²) in [6, 6.07) is 8.65. The Kier molecular flexibility index (Phi) is 2.91. The maximum Gasteiger partial charge on any atom is -0.0165 e. The van der Waals surface area contributed by atoms with Gasteiger partial charge in [0.05, 0.1) is 0 Å². The average molecular weight is 162 g/mol. The lowest BCUT2D eigenvalue weighted by molar-refractivity contribution is 0.533. The highest BCUT2D eigenvalue weighted by Gasteiger charge is 2.10. The zero-order valence-corrected chi connectivity index (χ0v) is 8.46. The van der Waals surface area contributed by atoms with Crippen molar-refractivity contribution in [2.75, 3.05) is 0 Å². The Labute approximate surface area is 75.6 Å². The summed E-state index contributed by atoms with van der Waals surface area (Å²) in [6.07, 6.45) is 0. The van der Waals surface area contributed by atoms with Crippen LogP contribution in [0.2, 0.25) is 0 Å². The van der Waals surface area contributed by atoms with Crippen molar-refractivity contribution in [2.24, 2.45) is 5.92 Å². The average Bonchev–Trinajstić information content (AvgIpc) is 2.04. The summed E-state index contributed by atoms with van der Waals surface area (Å²) in [5, 5.41) is 0. The van der Waals surface area contributed by atoms with Gasteiger partial charge in [-0.05, 0) is 29.9 Å². The van der Waals surface area contributed by atoms with Crippen LogP contribution in [0.25, 0.3) is 0 Å². The SMILES string of the molecule is Cc1ccccc1[C@@H](C)C(C)C. The molecule has 0 nitrogen and oxygen atoms in total. The summed E-state index contributed by atoms with van der Waals surface area (Å²) in [4.78, 5) is 0. The Morgan fingerprint density at radius 2 is 1.58 bits per heavy atom. The summed E-state index contributed by atoms with van der Waals surface area (Å²) in [6.45, 7) is 9.04. The van der Waals surface area contributed by atoms with Crippen molar-refractivity contribution < 1.29 is 0 Å². The number of aryl methyl sites for hydroxylation is 1. The largest absolute Gasteiger partial charge is 0.0622 e. The van der Waals surface area contributed by atoms with E-state index < -0.39 is 0 Å². The number of benzene rings is 1. The van der Waals surface area contributed by atoms with Crippen molar-refractivity contribution in [2.45, 2.75) is 33.6 Å². The van der Waals surface area contributed by atoms with E-state index in [1.54, 1.807) is 0 Å². The van der Waals surface area contributed by atoms with E-state index in [9.17, 15) is 0 Å². The quantitative estimate of drug-likeness (QED) is 0.621. The molecule has 1 aromatic carbocycles. The summed E-state index contributed by atoms with van der Waals surface area (Å²) in [5.74, 6) is 1.40. The molecule has 0 spiro atoms. The van der Waals surface area contributed by atoms with Gasteiger partial charge < -0.3 is 0 Å². The second-order valence-corrected chi connectivity index (χ2v) is 3.89. The second-order valence-electron chi connectivity index (χ2n) is 3.89. The molecule has 0 fully saturated rings. The molecular weight excluding hydrogens is 144 g/mol. The smallest absolute Gasteiger partial charge is 0.0165 e. The molecule has 1 atom stereocenters. The van der Waals surface area contributed by atoms with Crippen molar-refractivity contribution in [3.8, 4) is 0 Å². The predicted molar refractivity (Wildman–Crippen MR) is 54.4 cm³/mol. The molecule has 0 aliphatic heterocycles. The van der Waals surface area contributed by atoms with Gasteiger partial charge in [0.25, 0.3) is 0 Å². The summed E-state index contributed by atoms with van der Waals surface area (Å²) >= 11 is 0. The fraction of sp³-hybridized carbons (Fsp3) is 0.500. The Morgan fingerprint density at radius 3 is 2.08 bits per heavy atom. The van der Waals surface area contributed by atoms with Crippen LogP contribution in [0.5, 0.6) is 0 Å². The molecule has 1 aromatic rings. The zero-order chi connectivity index (χ0) is 9.14. The molecule has 0 radical (unpaired) electrons. The molecule has 0 amide bonds. The first-order valence-corrected chi connectivity index (χ1v) is 4.68. The lowest BCUT2D eigenvalue weighted by Gasteiger charge is -2.17.